The van der Waals surface area contributed by atoms with Crippen LogP contribution in [0.4, 0.5) is 0 Å². The third-order valence-electron chi connectivity index (χ3n) is 5.09. The summed E-state index contributed by atoms with van der Waals surface area (Å²) in [5, 5.41) is 5.16. The van der Waals surface area contributed by atoms with Crippen molar-refractivity contribution in [3.8, 4) is 22.3 Å². The van der Waals surface area contributed by atoms with Crippen molar-refractivity contribution in [2.45, 2.75) is 0 Å². The van der Waals surface area contributed by atoms with E-state index in [1.54, 1.807) is 0 Å². The van der Waals surface area contributed by atoms with E-state index in [2.05, 4.69) is 109 Å². The van der Waals surface area contributed by atoms with Gasteiger partial charge >= 0.3 is 0 Å². The smallest absolute Gasteiger partial charge is 0.0105 e. The van der Waals surface area contributed by atoms with Gasteiger partial charge in [-0.15, -0.1) is 0 Å². The van der Waals surface area contributed by atoms with Gasteiger partial charge in [0.25, 0.3) is 0 Å². The second kappa shape index (κ2) is 6.16. The largest absolute Gasteiger partial charge is 0.0616 e. The summed E-state index contributed by atoms with van der Waals surface area (Å²) in [6, 6.07) is 39.1. The van der Waals surface area contributed by atoms with Gasteiger partial charge in [0.05, 0.1) is 0 Å². The fourth-order valence-corrected chi connectivity index (χ4v) is 3.78. The normalized spacial score (nSPS) is 11.1. The Bertz CT molecular complexity index is 1100. The van der Waals surface area contributed by atoms with Gasteiger partial charge in [0.1, 0.15) is 0 Å². The number of hydrogen-bond acceptors (Lipinski definition) is 0. The van der Waals surface area contributed by atoms with Crippen LogP contribution in [-0.2, 0) is 0 Å². The highest BCUT2D eigenvalue weighted by Crippen LogP contribution is 2.32. The minimum atomic E-state index is 1.26. The topological polar surface area (TPSA) is 0 Å². The molecule has 26 heavy (non-hydrogen) atoms. The van der Waals surface area contributed by atoms with Crippen molar-refractivity contribution >= 4 is 21.5 Å². The molecule has 5 rings (SSSR count). The molecule has 0 fully saturated rings. The van der Waals surface area contributed by atoms with E-state index < -0.39 is 0 Å². The van der Waals surface area contributed by atoms with Gasteiger partial charge < -0.3 is 0 Å². The zero-order chi connectivity index (χ0) is 17.3. The molecule has 0 spiro atoms. The maximum Gasteiger partial charge on any atom is -0.0105 e. The molecule has 122 valence electrons. The zero-order valence-electron chi connectivity index (χ0n) is 14.4. The lowest BCUT2D eigenvalue weighted by molar-refractivity contribution is 1.62. The molecular formula is C26H18. The van der Waals surface area contributed by atoms with E-state index in [4.69, 9.17) is 0 Å². The molecule has 0 N–H and O–H groups in total. The van der Waals surface area contributed by atoms with Crippen LogP contribution < -0.4 is 0 Å². The van der Waals surface area contributed by atoms with Crippen molar-refractivity contribution < 1.29 is 0 Å². The summed E-state index contributed by atoms with van der Waals surface area (Å²) in [5.41, 5.74) is 5.08. The SMILES string of the molecule is c1ccc2c(-c3ccc(-c4cccc5ccccc45)cc3)cccc2c1. The molecule has 0 bridgehead atoms. The van der Waals surface area contributed by atoms with Crippen molar-refractivity contribution in [3.63, 3.8) is 0 Å². The van der Waals surface area contributed by atoms with Gasteiger partial charge in [0, 0.05) is 0 Å². The quantitative estimate of drug-likeness (QED) is 0.318. The first-order valence-corrected chi connectivity index (χ1v) is 8.96. The molecule has 0 atom stereocenters. The molecular weight excluding hydrogens is 312 g/mol. The van der Waals surface area contributed by atoms with Crippen LogP contribution in [0.2, 0.25) is 0 Å². The standard InChI is InChI=1S/C26H18/c1-3-11-23-19(7-1)9-5-13-25(23)21-15-17-22(18-16-21)26-14-6-10-20-8-2-4-12-24(20)26/h1-18H. The molecule has 0 aliphatic carbocycles. The summed E-state index contributed by atoms with van der Waals surface area (Å²) in [7, 11) is 0. The molecule has 0 aromatic heterocycles. The highest BCUT2D eigenvalue weighted by molar-refractivity contribution is 5.99. The molecule has 0 heterocycles. The van der Waals surface area contributed by atoms with Crippen molar-refractivity contribution in [1.29, 1.82) is 0 Å². The molecule has 0 unspecified atom stereocenters. The fraction of sp³-hybridized carbons (Fsp3) is 0. The average molecular weight is 330 g/mol. The summed E-state index contributed by atoms with van der Waals surface area (Å²) in [5.74, 6) is 0. The summed E-state index contributed by atoms with van der Waals surface area (Å²) in [6.07, 6.45) is 0. The van der Waals surface area contributed by atoms with E-state index in [1.165, 1.54) is 43.8 Å². The summed E-state index contributed by atoms with van der Waals surface area (Å²) in [4.78, 5) is 0. The average Bonchev–Trinajstić information content (AvgIpc) is 2.73. The molecule has 0 amide bonds. The number of fused-ring (bicyclic) bond motifs is 2. The van der Waals surface area contributed by atoms with Crippen molar-refractivity contribution in [2.75, 3.05) is 0 Å². The maximum absolute atomic E-state index is 2.24. The Balaban J connectivity index is 1.63. The molecule has 0 aliphatic heterocycles. The molecule has 5 aromatic carbocycles. The van der Waals surface area contributed by atoms with Gasteiger partial charge in [-0.3, -0.25) is 0 Å². The van der Waals surface area contributed by atoms with Crippen LogP contribution in [0, 0.1) is 0 Å². The highest BCUT2D eigenvalue weighted by atomic mass is 14.1. The van der Waals surface area contributed by atoms with Gasteiger partial charge in [0.15, 0.2) is 0 Å². The van der Waals surface area contributed by atoms with Crippen LogP contribution >= 0.6 is 0 Å². The first-order chi connectivity index (χ1) is 12.9. The van der Waals surface area contributed by atoms with Crippen molar-refractivity contribution in [3.05, 3.63) is 109 Å². The highest BCUT2D eigenvalue weighted by Gasteiger charge is 2.06. The van der Waals surface area contributed by atoms with Gasteiger partial charge in [-0.25, -0.2) is 0 Å². The van der Waals surface area contributed by atoms with Crippen LogP contribution in [0.5, 0.6) is 0 Å². The first kappa shape index (κ1) is 14.9. The fourth-order valence-electron chi connectivity index (χ4n) is 3.78. The van der Waals surface area contributed by atoms with Gasteiger partial charge in [-0.05, 0) is 43.8 Å². The Kier molecular flexibility index (Phi) is 3.54. The van der Waals surface area contributed by atoms with Crippen LogP contribution in [0.1, 0.15) is 0 Å². The maximum atomic E-state index is 2.24. The Hall–Kier alpha value is -3.38. The molecule has 0 heteroatoms. The van der Waals surface area contributed by atoms with E-state index in [-0.39, 0.29) is 0 Å². The molecule has 5 aromatic rings. The Morgan fingerprint density at radius 1 is 0.308 bits per heavy atom. The predicted molar refractivity (Wildman–Crippen MR) is 112 cm³/mol. The van der Waals surface area contributed by atoms with Crippen LogP contribution in [0.15, 0.2) is 109 Å². The number of rotatable bonds is 2. The monoisotopic (exact) mass is 330 g/mol. The summed E-state index contributed by atoms with van der Waals surface area (Å²) in [6.45, 7) is 0. The van der Waals surface area contributed by atoms with Crippen molar-refractivity contribution in [2.24, 2.45) is 0 Å². The summed E-state index contributed by atoms with van der Waals surface area (Å²) < 4.78 is 0. The molecule has 0 aliphatic rings. The van der Waals surface area contributed by atoms with Gasteiger partial charge in [-0.2, -0.15) is 0 Å². The third-order valence-corrected chi connectivity index (χ3v) is 5.09. The Morgan fingerprint density at radius 2 is 0.692 bits per heavy atom. The van der Waals surface area contributed by atoms with Crippen LogP contribution in [0.25, 0.3) is 43.8 Å². The lowest BCUT2D eigenvalue weighted by Gasteiger charge is -2.10. The Morgan fingerprint density at radius 3 is 1.15 bits per heavy atom. The molecule has 0 nitrogen and oxygen atoms in total. The van der Waals surface area contributed by atoms with E-state index >= 15 is 0 Å². The summed E-state index contributed by atoms with van der Waals surface area (Å²) >= 11 is 0. The minimum absolute atomic E-state index is 1.26. The number of benzene rings is 5. The van der Waals surface area contributed by atoms with E-state index in [0.29, 0.717) is 0 Å². The van der Waals surface area contributed by atoms with Crippen molar-refractivity contribution in [1.82, 2.24) is 0 Å². The van der Waals surface area contributed by atoms with Crippen LogP contribution in [0.3, 0.4) is 0 Å². The Labute approximate surface area is 153 Å². The predicted octanol–water partition coefficient (Wildman–Crippen LogP) is 7.33. The lowest BCUT2D eigenvalue weighted by atomic mass is 9.94. The van der Waals surface area contributed by atoms with E-state index in [9.17, 15) is 0 Å². The molecule has 0 radical (unpaired) electrons. The van der Waals surface area contributed by atoms with E-state index in [1.807, 2.05) is 0 Å². The lowest BCUT2D eigenvalue weighted by Crippen LogP contribution is -1.84. The number of hydrogen-bond donors (Lipinski definition) is 0. The van der Waals surface area contributed by atoms with Gasteiger partial charge in [0.2, 0.25) is 0 Å². The molecule has 0 saturated heterocycles. The third kappa shape index (κ3) is 2.48. The zero-order valence-corrected chi connectivity index (χ0v) is 14.4. The second-order valence-electron chi connectivity index (χ2n) is 6.63. The van der Waals surface area contributed by atoms with Gasteiger partial charge in [-0.1, -0.05) is 109 Å². The minimum Gasteiger partial charge on any atom is -0.0616 e. The molecule has 0 saturated carbocycles. The van der Waals surface area contributed by atoms with E-state index in [0.717, 1.165) is 0 Å². The van der Waals surface area contributed by atoms with Crippen LogP contribution in [-0.4, -0.2) is 0 Å². The first-order valence-electron chi connectivity index (χ1n) is 8.96. The second-order valence-corrected chi connectivity index (χ2v) is 6.63.